The summed E-state index contributed by atoms with van der Waals surface area (Å²) < 4.78 is 27.5. The number of anilines is 1. The first-order chi connectivity index (χ1) is 14.9. The first-order valence-electron chi connectivity index (χ1n) is 10.2. The van der Waals surface area contributed by atoms with Crippen LogP contribution in [0, 0.1) is 6.92 Å². The number of rotatable bonds is 6. The molecule has 0 spiro atoms. The summed E-state index contributed by atoms with van der Waals surface area (Å²) in [5.74, 6) is -0.168. The van der Waals surface area contributed by atoms with Gasteiger partial charge in [-0.1, -0.05) is 24.3 Å². The Kier molecular flexibility index (Phi) is 6.33. The van der Waals surface area contributed by atoms with Gasteiger partial charge in [-0.15, -0.1) is 11.3 Å². The zero-order valence-electron chi connectivity index (χ0n) is 17.2. The maximum Gasteiger partial charge on any atom is 0.273 e. The van der Waals surface area contributed by atoms with Crippen molar-refractivity contribution in [3.8, 4) is 0 Å². The minimum absolute atomic E-state index is 0.0571. The van der Waals surface area contributed by atoms with Crippen LogP contribution in [0.2, 0.25) is 0 Å². The molecule has 1 aromatic carbocycles. The van der Waals surface area contributed by atoms with E-state index in [0.717, 1.165) is 42.0 Å². The number of aryl methyl sites for hydroxylation is 1. The standard InChI is InChI=1S/C22H24N4O3S2/c1-16-8-7-9-17(23-16)14-18-10-5-6-13-26(18)21(27)20-15-30-22(24-20)25-31(28,29)19-11-3-2-4-12-19/h2-4,7-9,11-12,15,18H,5-6,10,13-14H2,1H3,(H,24,25). The summed E-state index contributed by atoms with van der Waals surface area (Å²) >= 11 is 1.11. The average Bonchev–Trinajstić information content (AvgIpc) is 3.22. The van der Waals surface area contributed by atoms with Crippen molar-refractivity contribution >= 4 is 32.4 Å². The van der Waals surface area contributed by atoms with Gasteiger partial charge in [-0.25, -0.2) is 13.4 Å². The molecular weight excluding hydrogens is 432 g/mol. The molecule has 1 aliphatic rings. The fourth-order valence-corrected chi connectivity index (χ4v) is 5.73. The van der Waals surface area contributed by atoms with Crippen molar-refractivity contribution < 1.29 is 13.2 Å². The van der Waals surface area contributed by atoms with Crippen LogP contribution in [0.15, 0.2) is 58.8 Å². The van der Waals surface area contributed by atoms with Crippen molar-refractivity contribution in [3.63, 3.8) is 0 Å². The molecule has 1 N–H and O–H groups in total. The molecule has 9 heteroatoms. The van der Waals surface area contributed by atoms with E-state index in [0.29, 0.717) is 13.0 Å². The van der Waals surface area contributed by atoms with Gasteiger partial charge in [-0.3, -0.25) is 14.5 Å². The first-order valence-corrected chi connectivity index (χ1v) is 12.6. The second-order valence-electron chi connectivity index (χ2n) is 7.58. The smallest absolute Gasteiger partial charge is 0.273 e. The van der Waals surface area contributed by atoms with Crippen LogP contribution in [0.4, 0.5) is 5.13 Å². The third-order valence-electron chi connectivity index (χ3n) is 5.28. The fourth-order valence-electron chi connectivity index (χ4n) is 3.77. The van der Waals surface area contributed by atoms with Crippen LogP contribution in [0.3, 0.4) is 0 Å². The number of hydrogen-bond donors (Lipinski definition) is 1. The minimum Gasteiger partial charge on any atom is -0.334 e. The molecule has 162 valence electrons. The van der Waals surface area contributed by atoms with E-state index in [1.807, 2.05) is 30.0 Å². The van der Waals surface area contributed by atoms with Crippen LogP contribution >= 0.6 is 11.3 Å². The summed E-state index contributed by atoms with van der Waals surface area (Å²) in [6, 6.07) is 14.1. The summed E-state index contributed by atoms with van der Waals surface area (Å²) in [4.78, 5) is 24.1. The molecule has 1 aliphatic heterocycles. The fraction of sp³-hybridized carbons (Fsp3) is 0.318. The molecule has 0 aliphatic carbocycles. The van der Waals surface area contributed by atoms with E-state index >= 15 is 0 Å². The molecule has 1 atom stereocenters. The van der Waals surface area contributed by atoms with Gasteiger partial charge in [0.1, 0.15) is 5.69 Å². The summed E-state index contributed by atoms with van der Waals surface area (Å²) in [5.41, 5.74) is 2.19. The average molecular weight is 457 g/mol. The Labute approximate surface area is 186 Å². The molecule has 3 heterocycles. The first kappa shape index (κ1) is 21.5. The predicted octanol–water partition coefficient (Wildman–Crippen LogP) is 3.88. The van der Waals surface area contributed by atoms with Crippen LogP contribution in [0.25, 0.3) is 0 Å². The van der Waals surface area contributed by atoms with E-state index in [4.69, 9.17) is 0 Å². The number of aromatic nitrogens is 2. The Morgan fingerprint density at radius 2 is 1.94 bits per heavy atom. The van der Waals surface area contributed by atoms with Gasteiger partial charge in [0.2, 0.25) is 0 Å². The number of sulfonamides is 1. The van der Waals surface area contributed by atoms with Gasteiger partial charge in [-0.05, 0) is 50.5 Å². The molecule has 3 aromatic rings. The second-order valence-corrected chi connectivity index (χ2v) is 10.1. The highest BCUT2D eigenvalue weighted by atomic mass is 32.2. The van der Waals surface area contributed by atoms with E-state index in [9.17, 15) is 13.2 Å². The number of benzene rings is 1. The van der Waals surface area contributed by atoms with Gasteiger partial charge in [-0.2, -0.15) is 0 Å². The highest BCUT2D eigenvalue weighted by molar-refractivity contribution is 7.93. The van der Waals surface area contributed by atoms with E-state index in [-0.39, 0.29) is 27.7 Å². The Hall–Kier alpha value is -2.78. The van der Waals surface area contributed by atoms with Crippen LogP contribution in [0.5, 0.6) is 0 Å². The number of piperidine rings is 1. The van der Waals surface area contributed by atoms with Gasteiger partial charge in [0, 0.05) is 35.8 Å². The van der Waals surface area contributed by atoms with Crippen molar-refractivity contribution in [2.45, 2.75) is 43.5 Å². The molecule has 31 heavy (non-hydrogen) atoms. The Morgan fingerprint density at radius 1 is 1.13 bits per heavy atom. The number of pyridine rings is 1. The third kappa shape index (κ3) is 5.11. The van der Waals surface area contributed by atoms with Gasteiger partial charge < -0.3 is 4.90 Å². The van der Waals surface area contributed by atoms with Crippen molar-refractivity contribution in [1.82, 2.24) is 14.9 Å². The lowest BCUT2D eigenvalue weighted by atomic mass is 9.97. The van der Waals surface area contributed by atoms with E-state index in [1.54, 1.807) is 23.6 Å². The number of nitrogens with zero attached hydrogens (tertiary/aromatic N) is 3. The molecule has 1 fully saturated rings. The van der Waals surface area contributed by atoms with Gasteiger partial charge >= 0.3 is 0 Å². The summed E-state index contributed by atoms with van der Waals surface area (Å²) in [6.07, 6.45) is 3.63. The molecule has 2 aromatic heterocycles. The maximum atomic E-state index is 13.2. The third-order valence-corrected chi connectivity index (χ3v) is 7.52. The van der Waals surface area contributed by atoms with Crippen LogP contribution in [-0.4, -0.2) is 41.8 Å². The SMILES string of the molecule is Cc1cccc(CC2CCCCN2C(=O)c2csc(NS(=O)(=O)c3ccccc3)n2)n1. The lowest BCUT2D eigenvalue weighted by Gasteiger charge is -2.35. The lowest BCUT2D eigenvalue weighted by Crippen LogP contribution is -2.45. The number of thiazole rings is 1. The van der Waals surface area contributed by atoms with E-state index in [2.05, 4.69) is 14.7 Å². The molecular formula is C22H24N4O3S2. The van der Waals surface area contributed by atoms with Crippen LogP contribution in [0.1, 0.15) is 41.1 Å². The molecule has 0 bridgehead atoms. The van der Waals surface area contributed by atoms with Gasteiger partial charge in [0.05, 0.1) is 4.90 Å². The Balaban J connectivity index is 1.49. The van der Waals surface area contributed by atoms with Gasteiger partial charge in [0.15, 0.2) is 5.13 Å². The Morgan fingerprint density at radius 3 is 2.71 bits per heavy atom. The topological polar surface area (TPSA) is 92.3 Å². The molecule has 7 nitrogen and oxygen atoms in total. The highest BCUT2D eigenvalue weighted by Crippen LogP contribution is 2.25. The van der Waals surface area contributed by atoms with Crippen LogP contribution in [-0.2, 0) is 16.4 Å². The predicted molar refractivity (Wildman–Crippen MR) is 121 cm³/mol. The zero-order valence-corrected chi connectivity index (χ0v) is 18.8. The highest BCUT2D eigenvalue weighted by Gasteiger charge is 2.29. The lowest BCUT2D eigenvalue weighted by molar-refractivity contribution is 0.0607. The second kappa shape index (κ2) is 9.15. The summed E-state index contributed by atoms with van der Waals surface area (Å²) in [7, 11) is -3.74. The normalized spacial score (nSPS) is 16.8. The number of carbonyl (C=O) groups is 1. The molecule has 1 unspecified atom stereocenters. The van der Waals surface area contributed by atoms with Crippen molar-refractivity contribution in [2.24, 2.45) is 0 Å². The van der Waals surface area contributed by atoms with Crippen molar-refractivity contribution in [3.05, 3.63) is 71.0 Å². The van der Waals surface area contributed by atoms with Gasteiger partial charge in [0.25, 0.3) is 15.9 Å². The monoisotopic (exact) mass is 456 g/mol. The molecule has 0 radical (unpaired) electrons. The maximum absolute atomic E-state index is 13.2. The quantitative estimate of drug-likeness (QED) is 0.608. The number of nitrogens with one attached hydrogen (secondary N) is 1. The summed E-state index contributed by atoms with van der Waals surface area (Å²) in [5, 5.41) is 1.79. The number of hydrogen-bond acceptors (Lipinski definition) is 6. The minimum atomic E-state index is -3.74. The van der Waals surface area contributed by atoms with Crippen molar-refractivity contribution in [1.29, 1.82) is 0 Å². The zero-order chi connectivity index (χ0) is 21.8. The molecule has 1 saturated heterocycles. The number of likely N-dealkylation sites (tertiary alicyclic amines) is 1. The molecule has 4 rings (SSSR count). The largest absolute Gasteiger partial charge is 0.334 e. The molecule has 0 saturated carbocycles. The molecule has 1 amide bonds. The number of carbonyl (C=O) groups excluding carboxylic acids is 1. The van der Waals surface area contributed by atoms with Crippen LogP contribution < -0.4 is 4.72 Å². The van der Waals surface area contributed by atoms with E-state index < -0.39 is 10.0 Å². The summed E-state index contributed by atoms with van der Waals surface area (Å²) in [6.45, 7) is 2.62. The van der Waals surface area contributed by atoms with Crippen molar-refractivity contribution in [2.75, 3.05) is 11.3 Å². The number of amides is 1. The van der Waals surface area contributed by atoms with E-state index in [1.165, 1.54) is 12.1 Å². The Bertz CT molecular complexity index is 1160.